The van der Waals surface area contributed by atoms with Crippen molar-refractivity contribution in [1.82, 2.24) is 5.32 Å². The zero-order valence-electron chi connectivity index (χ0n) is 11.6. The van der Waals surface area contributed by atoms with Crippen LogP contribution in [0.4, 0.5) is 5.69 Å². The van der Waals surface area contributed by atoms with E-state index >= 15 is 0 Å². The van der Waals surface area contributed by atoms with Crippen molar-refractivity contribution in [3.63, 3.8) is 0 Å². The molecule has 0 aromatic heterocycles. The van der Waals surface area contributed by atoms with Crippen molar-refractivity contribution >= 4 is 34.8 Å². The number of anilines is 1. The highest BCUT2D eigenvalue weighted by atomic mass is 35.5. The Kier molecular flexibility index (Phi) is 5.48. The first-order valence-corrected chi connectivity index (χ1v) is 7.35. The number of rotatable bonds is 5. The van der Waals surface area contributed by atoms with Gasteiger partial charge in [-0.25, -0.2) is 0 Å². The molecule has 0 heterocycles. The van der Waals surface area contributed by atoms with Crippen molar-refractivity contribution in [2.75, 3.05) is 11.9 Å². The number of benzene rings is 2. The molecule has 110 valence electrons. The van der Waals surface area contributed by atoms with Crippen LogP contribution in [0.15, 0.2) is 48.5 Å². The lowest BCUT2D eigenvalue weighted by Crippen LogP contribution is -2.32. The third kappa shape index (κ3) is 4.38. The van der Waals surface area contributed by atoms with Gasteiger partial charge in [0.1, 0.15) is 0 Å². The third-order valence-electron chi connectivity index (χ3n) is 3.06. The Bertz CT molecular complexity index is 631. The van der Waals surface area contributed by atoms with E-state index in [0.717, 1.165) is 11.3 Å². The minimum atomic E-state index is -0.153. The van der Waals surface area contributed by atoms with Crippen molar-refractivity contribution in [1.29, 1.82) is 0 Å². The smallest absolute Gasteiger partial charge is 0.239 e. The van der Waals surface area contributed by atoms with Crippen LogP contribution in [0.5, 0.6) is 0 Å². The van der Waals surface area contributed by atoms with Crippen LogP contribution in [0.1, 0.15) is 18.5 Å². The van der Waals surface area contributed by atoms with E-state index in [-0.39, 0.29) is 18.5 Å². The summed E-state index contributed by atoms with van der Waals surface area (Å²) < 4.78 is 0. The predicted octanol–water partition coefficient (Wildman–Crippen LogP) is 4.28. The maximum atomic E-state index is 12.0. The molecule has 2 N–H and O–H groups in total. The lowest BCUT2D eigenvalue weighted by Gasteiger charge is -2.16. The Hall–Kier alpha value is -1.71. The molecule has 0 radical (unpaired) electrons. The Morgan fingerprint density at radius 1 is 1.05 bits per heavy atom. The molecule has 21 heavy (non-hydrogen) atoms. The summed E-state index contributed by atoms with van der Waals surface area (Å²) in [6, 6.07) is 14.6. The fourth-order valence-electron chi connectivity index (χ4n) is 1.98. The first-order valence-electron chi connectivity index (χ1n) is 6.60. The van der Waals surface area contributed by atoms with Gasteiger partial charge in [0, 0.05) is 5.02 Å². The van der Waals surface area contributed by atoms with Gasteiger partial charge >= 0.3 is 0 Å². The molecule has 2 aromatic carbocycles. The largest absolute Gasteiger partial charge is 0.375 e. The Morgan fingerprint density at radius 3 is 2.33 bits per heavy atom. The van der Waals surface area contributed by atoms with Gasteiger partial charge in [-0.3, -0.25) is 4.79 Å². The van der Waals surface area contributed by atoms with Gasteiger partial charge in [0.15, 0.2) is 0 Å². The lowest BCUT2D eigenvalue weighted by atomic mass is 10.1. The topological polar surface area (TPSA) is 41.1 Å². The van der Waals surface area contributed by atoms with Gasteiger partial charge in [-0.05, 0) is 30.7 Å². The summed E-state index contributed by atoms with van der Waals surface area (Å²) >= 11 is 12.1. The highest BCUT2D eigenvalue weighted by Crippen LogP contribution is 2.22. The van der Waals surface area contributed by atoms with Gasteiger partial charge in [-0.15, -0.1) is 0 Å². The van der Waals surface area contributed by atoms with E-state index in [2.05, 4.69) is 10.6 Å². The highest BCUT2D eigenvalue weighted by molar-refractivity contribution is 6.33. The van der Waals surface area contributed by atoms with Crippen LogP contribution in [-0.4, -0.2) is 12.5 Å². The SMILES string of the molecule is CC(NC(=O)CNc1ccccc1Cl)c1ccccc1Cl. The van der Waals surface area contributed by atoms with E-state index in [1.807, 2.05) is 49.4 Å². The van der Waals surface area contributed by atoms with Crippen LogP contribution in [-0.2, 0) is 4.79 Å². The molecule has 0 aliphatic rings. The van der Waals surface area contributed by atoms with E-state index in [1.165, 1.54) is 0 Å². The zero-order chi connectivity index (χ0) is 15.2. The number of nitrogens with one attached hydrogen (secondary N) is 2. The molecule has 2 rings (SSSR count). The molecule has 0 fully saturated rings. The Morgan fingerprint density at radius 2 is 1.67 bits per heavy atom. The highest BCUT2D eigenvalue weighted by Gasteiger charge is 2.12. The summed E-state index contributed by atoms with van der Waals surface area (Å²) in [5, 5.41) is 7.14. The molecule has 0 bridgehead atoms. The molecule has 1 atom stereocenters. The van der Waals surface area contributed by atoms with Gasteiger partial charge in [0.25, 0.3) is 0 Å². The number of hydrogen-bond donors (Lipinski definition) is 2. The maximum Gasteiger partial charge on any atom is 0.239 e. The van der Waals surface area contributed by atoms with Gasteiger partial charge < -0.3 is 10.6 Å². The molecule has 0 spiro atoms. The summed E-state index contributed by atoms with van der Waals surface area (Å²) in [4.78, 5) is 12.0. The van der Waals surface area contributed by atoms with Crippen molar-refractivity contribution in [2.45, 2.75) is 13.0 Å². The standard InChI is InChI=1S/C16H16Cl2N2O/c1-11(12-6-2-3-7-13(12)17)20-16(21)10-19-15-9-5-4-8-14(15)18/h2-9,11,19H,10H2,1H3,(H,20,21). The number of amides is 1. The fourth-order valence-corrected chi connectivity index (χ4v) is 2.48. The van der Waals surface area contributed by atoms with Crippen LogP contribution >= 0.6 is 23.2 Å². The van der Waals surface area contributed by atoms with Crippen LogP contribution < -0.4 is 10.6 Å². The molecule has 2 aromatic rings. The number of halogens is 2. The summed E-state index contributed by atoms with van der Waals surface area (Å²) in [7, 11) is 0. The second-order valence-corrected chi connectivity index (χ2v) is 5.46. The van der Waals surface area contributed by atoms with Gasteiger partial charge in [0.05, 0.1) is 23.3 Å². The van der Waals surface area contributed by atoms with Crippen LogP contribution in [0.3, 0.4) is 0 Å². The third-order valence-corrected chi connectivity index (χ3v) is 3.74. The number of carbonyl (C=O) groups is 1. The van der Waals surface area contributed by atoms with Gasteiger partial charge in [0.2, 0.25) is 5.91 Å². The number of hydrogen-bond acceptors (Lipinski definition) is 2. The van der Waals surface area contributed by atoms with Gasteiger partial charge in [-0.1, -0.05) is 53.5 Å². The lowest BCUT2D eigenvalue weighted by molar-refractivity contribution is -0.120. The normalized spacial score (nSPS) is 11.8. The molecule has 5 heteroatoms. The maximum absolute atomic E-state index is 12.0. The molecule has 0 saturated carbocycles. The molecular formula is C16H16Cl2N2O. The minimum absolute atomic E-state index is 0.123. The monoisotopic (exact) mass is 322 g/mol. The summed E-state index contributed by atoms with van der Waals surface area (Å²) in [6.45, 7) is 2.05. The van der Waals surface area contributed by atoms with Crippen LogP contribution in [0.25, 0.3) is 0 Å². The summed E-state index contributed by atoms with van der Waals surface area (Å²) in [5.41, 5.74) is 1.63. The molecule has 1 unspecified atom stereocenters. The second-order valence-electron chi connectivity index (χ2n) is 4.64. The number of para-hydroxylation sites is 1. The first kappa shape index (κ1) is 15.7. The molecular weight excluding hydrogens is 307 g/mol. The fraction of sp³-hybridized carbons (Fsp3) is 0.188. The molecule has 0 aliphatic carbocycles. The van der Waals surface area contributed by atoms with Crippen molar-refractivity contribution in [2.24, 2.45) is 0 Å². The zero-order valence-corrected chi connectivity index (χ0v) is 13.1. The minimum Gasteiger partial charge on any atom is -0.375 e. The van der Waals surface area contributed by atoms with Crippen LogP contribution in [0.2, 0.25) is 10.0 Å². The van der Waals surface area contributed by atoms with Crippen molar-refractivity contribution < 1.29 is 4.79 Å². The molecule has 3 nitrogen and oxygen atoms in total. The summed E-state index contributed by atoms with van der Waals surface area (Å²) in [6.07, 6.45) is 0. The van der Waals surface area contributed by atoms with E-state index < -0.39 is 0 Å². The first-order chi connectivity index (χ1) is 10.1. The van der Waals surface area contributed by atoms with E-state index in [1.54, 1.807) is 6.07 Å². The molecule has 0 aliphatic heterocycles. The van der Waals surface area contributed by atoms with Gasteiger partial charge in [-0.2, -0.15) is 0 Å². The molecule has 1 amide bonds. The predicted molar refractivity (Wildman–Crippen MR) is 88.0 cm³/mol. The summed E-state index contributed by atoms with van der Waals surface area (Å²) in [5.74, 6) is -0.123. The second kappa shape index (κ2) is 7.34. The van der Waals surface area contributed by atoms with E-state index in [9.17, 15) is 4.79 Å². The van der Waals surface area contributed by atoms with E-state index in [0.29, 0.717) is 10.0 Å². The average Bonchev–Trinajstić information content (AvgIpc) is 2.46. The van der Waals surface area contributed by atoms with Crippen molar-refractivity contribution in [3.05, 3.63) is 64.1 Å². The Balaban J connectivity index is 1.90. The number of carbonyl (C=O) groups excluding carboxylic acids is 1. The molecule has 0 saturated heterocycles. The van der Waals surface area contributed by atoms with Crippen LogP contribution in [0, 0.1) is 0 Å². The quantitative estimate of drug-likeness (QED) is 0.862. The Labute approximate surface area is 134 Å². The van der Waals surface area contributed by atoms with Crippen molar-refractivity contribution in [3.8, 4) is 0 Å². The average molecular weight is 323 g/mol. The van der Waals surface area contributed by atoms with E-state index in [4.69, 9.17) is 23.2 Å².